The lowest BCUT2D eigenvalue weighted by Gasteiger charge is -2.13. The number of nitrogens with one attached hydrogen (secondary N) is 1. The van der Waals surface area contributed by atoms with Crippen LogP contribution >= 0.6 is 62.5 Å². The summed E-state index contributed by atoms with van der Waals surface area (Å²) in [6.07, 6.45) is 1.77. The third-order valence-corrected chi connectivity index (χ3v) is 7.80. The third-order valence-electron chi connectivity index (χ3n) is 5.06. The van der Waals surface area contributed by atoms with Crippen LogP contribution in [0.5, 0.6) is 11.5 Å². The zero-order valence-corrected chi connectivity index (χ0v) is 23.2. The summed E-state index contributed by atoms with van der Waals surface area (Å²) in [5.74, 6) is 0.820. The van der Waals surface area contributed by atoms with E-state index in [0.29, 0.717) is 42.3 Å². The lowest BCUT2D eigenvalue weighted by molar-refractivity contribution is -0.115. The quantitative estimate of drug-likeness (QED) is 0.285. The normalized spacial score (nSPS) is 15.5. The lowest BCUT2D eigenvalue weighted by Crippen LogP contribution is -2.19. The molecule has 0 bridgehead atoms. The average Bonchev–Trinajstić information content (AvgIpc) is 3.17. The van der Waals surface area contributed by atoms with Gasteiger partial charge in [0, 0.05) is 9.50 Å². The summed E-state index contributed by atoms with van der Waals surface area (Å²) in [5.41, 5.74) is 3.16. The smallest absolute Gasteiger partial charge is 0.264 e. The van der Waals surface area contributed by atoms with Crippen molar-refractivity contribution in [2.75, 3.05) is 7.11 Å². The van der Waals surface area contributed by atoms with Gasteiger partial charge in [-0.25, -0.2) is 4.99 Å². The molecule has 0 aliphatic carbocycles. The van der Waals surface area contributed by atoms with Gasteiger partial charge in [-0.1, -0.05) is 62.9 Å². The van der Waals surface area contributed by atoms with Gasteiger partial charge in [0.05, 0.1) is 27.7 Å². The highest BCUT2D eigenvalue weighted by molar-refractivity contribution is 9.10. The van der Waals surface area contributed by atoms with Gasteiger partial charge in [0.15, 0.2) is 16.7 Å². The van der Waals surface area contributed by atoms with Crippen LogP contribution in [0.1, 0.15) is 16.7 Å². The minimum absolute atomic E-state index is 0.237. The fourth-order valence-corrected chi connectivity index (χ4v) is 4.93. The highest BCUT2D eigenvalue weighted by Crippen LogP contribution is 2.37. The number of hydrogen-bond acceptors (Lipinski definition) is 5. The molecule has 3 aromatic rings. The highest BCUT2D eigenvalue weighted by atomic mass is 79.9. The predicted molar refractivity (Wildman–Crippen MR) is 148 cm³/mol. The van der Waals surface area contributed by atoms with Gasteiger partial charge in [0.25, 0.3) is 5.91 Å². The first-order valence-corrected chi connectivity index (χ1v) is 13.0. The zero-order chi connectivity index (χ0) is 25.1. The molecule has 1 N–H and O–H groups in total. The number of methoxy groups -OCH3 is 1. The van der Waals surface area contributed by atoms with Gasteiger partial charge in [0.2, 0.25) is 0 Å². The molecule has 1 fully saturated rings. The molecule has 1 saturated heterocycles. The van der Waals surface area contributed by atoms with E-state index in [1.54, 1.807) is 43.5 Å². The standard InChI is InChI=1S/C25H18BrCl3N2O3S/c1-13-17(27)4-3-5-20(13)30-25-31-24(32)23(35-25)10-15-9-21(33-2)22(11-16(15)26)34-12-14-6-7-18(28)19(29)8-14/h3-11H,12H2,1-2H3,(H,30,31,32)/b23-10+. The molecule has 1 aliphatic heterocycles. The topological polar surface area (TPSA) is 59.9 Å². The van der Waals surface area contributed by atoms with Crippen molar-refractivity contribution in [3.63, 3.8) is 0 Å². The Morgan fingerprint density at radius 3 is 2.60 bits per heavy atom. The highest BCUT2D eigenvalue weighted by Gasteiger charge is 2.25. The van der Waals surface area contributed by atoms with E-state index in [0.717, 1.165) is 21.2 Å². The van der Waals surface area contributed by atoms with Crippen molar-refractivity contribution in [3.8, 4) is 11.5 Å². The molecule has 0 atom stereocenters. The molecule has 3 aromatic carbocycles. The Labute approximate surface area is 230 Å². The van der Waals surface area contributed by atoms with Crippen LogP contribution in [0.15, 0.2) is 62.9 Å². The van der Waals surface area contributed by atoms with E-state index in [-0.39, 0.29) is 12.5 Å². The van der Waals surface area contributed by atoms with Crippen LogP contribution in [0.25, 0.3) is 6.08 Å². The maximum Gasteiger partial charge on any atom is 0.264 e. The first kappa shape index (κ1) is 25.9. The number of carbonyl (C=O) groups is 1. The molecule has 1 amide bonds. The molecule has 0 saturated carbocycles. The van der Waals surface area contributed by atoms with Gasteiger partial charge in [-0.2, -0.15) is 0 Å². The number of rotatable bonds is 6. The van der Waals surface area contributed by atoms with Gasteiger partial charge < -0.3 is 14.8 Å². The number of carbonyl (C=O) groups excluding carboxylic acids is 1. The second-order valence-corrected chi connectivity index (χ2v) is 10.5. The fraction of sp³-hybridized carbons (Fsp3) is 0.120. The van der Waals surface area contributed by atoms with Crippen LogP contribution in [-0.4, -0.2) is 18.2 Å². The third kappa shape index (κ3) is 6.16. The summed E-state index contributed by atoms with van der Waals surface area (Å²) in [6.45, 7) is 2.16. The summed E-state index contributed by atoms with van der Waals surface area (Å²) in [7, 11) is 1.56. The Morgan fingerprint density at radius 1 is 1.06 bits per heavy atom. The van der Waals surface area contributed by atoms with Crippen LogP contribution in [-0.2, 0) is 11.4 Å². The van der Waals surface area contributed by atoms with Gasteiger partial charge in [0.1, 0.15) is 6.61 Å². The molecule has 0 aromatic heterocycles. The van der Waals surface area contributed by atoms with Crippen molar-refractivity contribution in [1.82, 2.24) is 5.32 Å². The predicted octanol–water partition coefficient (Wildman–Crippen LogP) is 8.20. The number of benzene rings is 3. The van der Waals surface area contributed by atoms with E-state index in [1.165, 1.54) is 11.8 Å². The first-order chi connectivity index (χ1) is 16.7. The summed E-state index contributed by atoms with van der Waals surface area (Å²) in [6, 6.07) is 14.4. The molecule has 35 heavy (non-hydrogen) atoms. The number of ether oxygens (including phenoxy) is 2. The van der Waals surface area contributed by atoms with Crippen molar-refractivity contribution in [1.29, 1.82) is 0 Å². The lowest BCUT2D eigenvalue weighted by atomic mass is 10.1. The molecule has 1 aliphatic rings. The van der Waals surface area contributed by atoms with Gasteiger partial charge in [-0.05, 0) is 77.9 Å². The van der Waals surface area contributed by atoms with Crippen LogP contribution in [0.4, 0.5) is 5.69 Å². The largest absolute Gasteiger partial charge is 0.493 e. The van der Waals surface area contributed by atoms with Crippen molar-refractivity contribution in [2.45, 2.75) is 13.5 Å². The SMILES string of the molecule is COc1cc(/C=C2/SC(=Nc3cccc(Cl)c3C)NC2=O)c(Br)cc1OCc1ccc(Cl)c(Cl)c1. The minimum Gasteiger partial charge on any atom is -0.493 e. The number of amides is 1. The van der Waals surface area contributed by atoms with E-state index >= 15 is 0 Å². The Balaban J connectivity index is 1.55. The second kappa shape index (κ2) is 11.3. The molecule has 0 radical (unpaired) electrons. The van der Waals surface area contributed by atoms with Crippen LogP contribution < -0.4 is 14.8 Å². The second-order valence-electron chi connectivity index (χ2n) is 7.43. The van der Waals surface area contributed by atoms with E-state index in [2.05, 4.69) is 26.2 Å². The van der Waals surface area contributed by atoms with Crippen LogP contribution in [0, 0.1) is 6.92 Å². The minimum atomic E-state index is -0.237. The Hall–Kier alpha value is -2.16. The summed E-state index contributed by atoms with van der Waals surface area (Å²) < 4.78 is 12.2. The molecular formula is C25H18BrCl3N2O3S. The zero-order valence-electron chi connectivity index (χ0n) is 18.5. The number of amidine groups is 1. The molecular weight excluding hydrogens is 595 g/mol. The van der Waals surface area contributed by atoms with Crippen molar-refractivity contribution < 1.29 is 14.3 Å². The maximum atomic E-state index is 12.6. The van der Waals surface area contributed by atoms with Crippen LogP contribution in [0.3, 0.4) is 0 Å². The summed E-state index contributed by atoms with van der Waals surface area (Å²) in [4.78, 5) is 17.6. The monoisotopic (exact) mass is 610 g/mol. The molecule has 4 rings (SSSR count). The molecule has 10 heteroatoms. The first-order valence-electron chi connectivity index (χ1n) is 10.2. The molecule has 180 valence electrons. The molecule has 5 nitrogen and oxygen atoms in total. The Morgan fingerprint density at radius 2 is 1.86 bits per heavy atom. The van der Waals surface area contributed by atoms with Crippen molar-refractivity contribution in [2.24, 2.45) is 4.99 Å². The Kier molecular flexibility index (Phi) is 8.34. The number of aliphatic imine (C=N–C) groups is 1. The summed E-state index contributed by atoms with van der Waals surface area (Å²) in [5, 5.41) is 4.85. The number of nitrogens with zero attached hydrogens (tertiary/aromatic N) is 1. The average molecular weight is 613 g/mol. The number of hydrogen-bond donors (Lipinski definition) is 1. The van der Waals surface area contributed by atoms with E-state index < -0.39 is 0 Å². The van der Waals surface area contributed by atoms with Crippen molar-refractivity contribution in [3.05, 3.63) is 89.7 Å². The number of thioether (sulfide) groups is 1. The summed E-state index contributed by atoms with van der Waals surface area (Å²) >= 11 is 23.1. The van der Waals surface area contributed by atoms with Gasteiger partial charge in [-0.15, -0.1) is 0 Å². The number of halogens is 4. The molecule has 1 heterocycles. The van der Waals surface area contributed by atoms with Crippen molar-refractivity contribution >= 4 is 85.3 Å². The van der Waals surface area contributed by atoms with Crippen LogP contribution in [0.2, 0.25) is 15.1 Å². The van der Waals surface area contributed by atoms with Gasteiger partial charge >= 0.3 is 0 Å². The van der Waals surface area contributed by atoms with E-state index in [4.69, 9.17) is 44.3 Å². The fourth-order valence-electron chi connectivity index (χ4n) is 3.17. The molecule has 0 unspecified atom stereocenters. The van der Waals surface area contributed by atoms with E-state index in [1.807, 2.05) is 25.1 Å². The molecule has 0 spiro atoms. The van der Waals surface area contributed by atoms with Gasteiger partial charge in [-0.3, -0.25) is 4.79 Å². The van der Waals surface area contributed by atoms with E-state index in [9.17, 15) is 4.79 Å². The maximum absolute atomic E-state index is 12.6. The Bertz CT molecular complexity index is 1380.